The van der Waals surface area contributed by atoms with E-state index in [9.17, 15) is 0 Å². The van der Waals surface area contributed by atoms with Crippen molar-refractivity contribution in [3.63, 3.8) is 0 Å². The Morgan fingerprint density at radius 2 is 1.37 bits per heavy atom. The van der Waals surface area contributed by atoms with E-state index in [1.807, 2.05) is 7.11 Å². The Bertz CT molecular complexity index is 182. The fourth-order valence-electron chi connectivity index (χ4n) is 2.68. The molecule has 0 aromatic heterocycles. The fraction of sp³-hybridized carbons (Fsp3) is 1.00. The number of hydrogen-bond acceptors (Lipinski definition) is 2. The zero-order valence-corrected chi connectivity index (χ0v) is 13.8. The van der Waals surface area contributed by atoms with E-state index in [0.29, 0.717) is 0 Å². The lowest BCUT2D eigenvalue weighted by atomic mass is 9.91. The number of methoxy groups -OCH3 is 1. The summed E-state index contributed by atoms with van der Waals surface area (Å²) in [7, 11) is 1.84. The van der Waals surface area contributed by atoms with Gasteiger partial charge < -0.3 is 9.47 Å². The van der Waals surface area contributed by atoms with Crippen molar-refractivity contribution in [1.29, 1.82) is 0 Å². The number of ether oxygens (including phenoxy) is 2. The van der Waals surface area contributed by atoms with Crippen LogP contribution in [0.3, 0.4) is 0 Å². The molecule has 0 aromatic carbocycles. The van der Waals surface area contributed by atoms with E-state index in [2.05, 4.69) is 20.8 Å². The quantitative estimate of drug-likeness (QED) is 0.397. The minimum atomic E-state index is -0.0336. The smallest absolute Gasteiger partial charge is 0.0910 e. The highest BCUT2D eigenvalue weighted by molar-refractivity contribution is 4.80. The molecule has 1 unspecified atom stereocenters. The lowest BCUT2D eigenvalue weighted by Crippen LogP contribution is -2.37. The van der Waals surface area contributed by atoms with Gasteiger partial charge in [0.25, 0.3) is 0 Å². The van der Waals surface area contributed by atoms with Gasteiger partial charge in [-0.3, -0.25) is 0 Å². The molecule has 1 atom stereocenters. The van der Waals surface area contributed by atoms with Gasteiger partial charge in [0, 0.05) is 13.7 Å². The Hall–Kier alpha value is -0.0800. The van der Waals surface area contributed by atoms with Gasteiger partial charge in [-0.05, 0) is 19.8 Å². The van der Waals surface area contributed by atoms with Crippen molar-refractivity contribution in [3.8, 4) is 0 Å². The molecule has 0 radical (unpaired) electrons. The number of unbranched alkanes of at least 4 members (excludes halogenated alkanes) is 6. The Morgan fingerprint density at radius 1 is 0.737 bits per heavy atom. The van der Waals surface area contributed by atoms with Crippen LogP contribution in [0.4, 0.5) is 0 Å². The molecule has 0 aliphatic rings. The van der Waals surface area contributed by atoms with Gasteiger partial charge in [-0.15, -0.1) is 0 Å². The summed E-state index contributed by atoms with van der Waals surface area (Å²) in [5.74, 6) is 0. The van der Waals surface area contributed by atoms with Crippen LogP contribution in [-0.2, 0) is 9.47 Å². The molecule has 0 aliphatic carbocycles. The molecule has 2 heteroatoms. The van der Waals surface area contributed by atoms with Crippen LogP contribution >= 0.6 is 0 Å². The summed E-state index contributed by atoms with van der Waals surface area (Å²) < 4.78 is 11.4. The molecule has 19 heavy (non-hydrogen) atoms. The summed E-state index contributed by atoms with van der Waals surface area (Å²) in [6, 6.07) is 0. The predicted octanol–water partition coefficient (Wildman–Crippen LogP) is 5.35. The topological polar surface area (TPSA) is 18.5 Å². The van der Waals surface area contributed by atoms with Crippen LogP contribution in [0.15, 0.2) is 0 Å². The van der Waals surface area contributed by atoms with Gasteiger partial charge >= 0.3 is 0 Å². The highest BCUT2D eigenvalue weighted by Crippen LogP contribution is 2.26. The molecule has 0 spiro atoms. The lowest BCUT2D eigenvalue weighted by Gasteiger charge is -2.32. The molecule has 0 amide bonds. The predicted molar refractivity (Wildman–Crippen MR) is 83.8 cm³/mol. The van der Waals surface area contributed by atoms with Crippen LogP contribution in [0.25, 0.3) is 0 Å². The van der Waals surface area contributed by atoms with Gasteiger partial charge in [0.2, 0.25) is 0 Å². The van der Waals surface area contributed by atoms with Gasteiger partial charge in [0.15, 0.2) is 0 Å². The summed E-state index contributed by atoms with van der Waals surface area (Å²) in [6.45, 7) is 8.09. The molecule has 0 heterocycles. The van der Waals surface area contributed by atoms with Crippen molar-refractivity contribution >= 4 is 0 Å². The summed E-state index contributed by atoms with van der Waals surface area (Å²) in [4.78, 5) is 0. The normalized spacial score (nSPS) is 14.5. The summed E-state index contributed by atoms with van der Waals surface area (Å²) in [6.07, 6.45) is 12.9. The average Bonchev–Trinajstić information content (AvgIpc) is 2.43. The zero-order valence-electron chi connectivity index (χ0n) is 13.8. The highest BCUT2D eigenvalue weighted by atomic mass is 16.5. The van der Waals surface area contributed by atoms with E-state index < -0.39 is 0 Å². The second-order valence-electron chi connectivity index (χ2n) is 5.65. The molecule has 0 saturated carbocycles. The van der Waals surface area contributed by atoms with Crippen molar-refractivity contribution in [3.05, 3.63) is 0 Å². The first-order valence-electron chi connectivity index (χ1n) is 8.37. The molecule has 0 rings (SSSR count). The molecular weight excluding hydrogens is 236 g/mol. The summed E-state index contributed by atoms with van der Waals surface area (Å²) in [5.41, 5.74) is -0.0336. The second kappa shape index (κ2) is 12.9. The van der Waals surface area contributed by atoms with Crippen LogP contribution in [0.1, 0.15) is 85.0 Å². The van der Waals surface area contributed by atoms with E-state index in [1.165, 1.54) is 44.9 Å². The molecule has 2 nitrogen and oxygen atoms in total. The van der Waals surface area contributed by atoms with Crippen molar-refractivity contribution in [2.75, 3.05) is 20.3 Å². The third kappa shape index (κ3) is 9.45. The minimum Gasteiger partial charge on any atom is -0.379 e. The Balaban J connectivity index is 3.84. The molecule has 0 aliphatic heterocycles. The van der Waals surface area contributed by atoms with E-state index in [4.69, 9.17) is 9.47 Å². The van der Waals surface area contributed by atoms with Crippen LogP contribution in [-0.4, -0.2) is 25.9 Å². The molecule has 0 saturated heterocycles. The van der Waals surface area contributed by atoms with E-state index in [-0.39, 0.29) is 5.60 Å². The number of hydrogen-bond donors (Lipinski definition) is 0. The van der Waals surface area contributed by atoms with Crippen molar-refractivity contribution in [2.24, 2.45) is 0 Å². The van der Waals surface area contributed by atoms with Crippen molar-refractivity contribution in [2.45, 2.75) is 90.6 Å². The third-order valence-corrected chi connectivity index (χ3v) is 3.94. The Labute approximate surface area is 121 Å². The SMILES string of the molecule is CCCCCCCCCC(CCC)(COCC)OC. The lowest BCUT2D eigenvalue weighted by molar-refractivity contribution is -0.0848. The van der Waals surface area contributed by atoms with Crippen LogP contribution in [0.5, 0.6) is 0 Å². The summed E-state index contributed by atoms with van der Waals surface area (Å²) >= 11 is 0. The first-order valence-corrected chi connectivity index (χ1v) is 8.37. The average molecular weight is 272 g/mol. The van der Waals surface area contributed by atoms with Gasteiger partial charge in [-0.25, -0.2) is 0 Å². The monoisotopic (exact) mass is 272 g/mol. The molecule has 0 bridgehead atoms. The second-order valence-corrected chi connectivity index (χ2v) is 5.65. The molecule has 116 valence electrons. The van der Waals surface area contributed by atoms with Gasteiger partial charge in [0.05, 0.1) is 12.2 Å². The molecular formula is C17H36O2. The van der Waals surface area contributed by atoms with E-state index in [0.717, 1.165) is 32.5 Å². The maximum absolute atomic E-state index is 5.80. The maximum Gasteiger partial charge on any atom is 0.0910 e. The van der Waals surface area contributed by atoms with Crippen LogP contribution < -0.4 is 0 Å². The van der Waals surface area contributed by atoms with Crippen LogP contribution in [0, 0.1) is 0 Å². The van der Waals surface area contributed by atoms with Crippen molar-refractivity contribution < 1.29 is 9.47 Å². The van der Waals surface area contributed by atoms with Crippen molar-refractivity contribution in [1.82, 2.24) is 0 Å². The van der Waals surface area contributed by atoms with Crippen LogP contribution in [0.2, 0.25) is 0 Å². The maximum atomic E-state index is 5.80. The van der Waals surface area contributed by atoms with Gasteiger partial charge in [-0.1, -0.05) is 65.2 Å². The van der Waals surface area contributed by atoms with Gasteiger partial charge in [-0.2, -0.15) is 0 Å². The minimum absolute atomic E-state index is 0.0336. The number of rotatable bonds is 14. The first-order chi connectivity index (χ1) is 9.24. The fourth-order valence-corrected chi connectivity index (χ4v) is 2.68. The first kappa shape index (κ1) is 18.9. The largest absolute Gasteiger partial charge is 0.379 e. The third-order valence-electron chi connectivity index (χ3n) is 3.94. The Morgan fingerprint density at radius 3 is 1.89 bits per heavy atom. The Kier molecular flexibility index (Phi) is 12.9. The summed E-state index contributed by atoms with van der Waals surface area (Å²) in [5, 5.41) is 0. The van der Waals surface area contributed by atoms with Gasteiger partial charge in [0.1, 0.15) is 0 Å². The zero-order chi connectivity index (χ0) is 14.4. The molecule has 0 fully saturated rings. The highest BCUT2D eigenvalue weighted by Gasteiger charge is 2.28. The molecule has 0 N–H and O–H groups in total. The van der Waals surface area contributed by atoms with E-state index >= 15 is 0 Å². The van der Waals surface area contributed by atoms with E-state index in [1.54, 1.807) is 0 Å². The molecule has 0 aromatic rings. The standard InChI is InChI=1S/C17H36O2/c1-5-8-9-10-11-12-13-15-17(18-4,14-6-2)16-19-7-3/h5-16H2,1-4H3.